The van der Waals surface area contributed by atoms with Crippen molar-refractivity contribution in [2.24, 2.45) is 5.92 Å². The Morgan fingerprint density at radius 3 is 2.35 bits per heavy atom. The molecule has 0 aromatic carbocycles. The molecule has 0 saturated heterocycles. The maximum atomic E-state index is 11.9. The number of rotatable bonds is 8. The van der Waals surface area contributed by atoms with Crippen LogP contribution in [0.1, 0.15) is 26.7 Å². The van der Waals surface area contributed by atoms with E-state index in [9.17, 15) is 9.59 Å². The van der Waals surface area contributed by atoms with E-state index in [1.165, 1.54) is 19.4 Å². The number of carbonyl (C=O) groups is 2. The Hall–Kier alpha value is -0.293. The number of hydrogen-bond donors (Lipinski definition) is 2. The van der Waals surface area contributed by atoms with Gasteiger partial charge in [-0.25, -0.2) is 0 Å². The van der Waals surface area contributed by atoms with E-state index >= 15 is 0 Å². The van der Waals surface area contributed by atoms with Gasteiger partial charge in [-0.15, -0.1) is 0 Å². The third-order valence-corrected chi connectivity index (χ3v) is 6.22. The van der Waals surface area contributed by atoms with Crippen molar-refractivity contribution in [3.63, 3.8) is 0 Å². The average Bonchev–Trinajstić information content (AvgIpc) is 2.22. The number of thiol groups is 1. The van der Waals surface area contributed by atoms with Crippen LogP contribution in [-0.4, -0.2) is 31.7 Å². The van der Waals surface area contributed by atoms with Crippen LogP contribution in [0.3, 0.4) is 0 Å². The van der Waals surface area contributed by atoms with Crippen molar-refractivity contribution in [3.05, 3.63) is 0 Å². The number of amides is 1. The van der Waals surface area contributed by atoms with Crippen LogP contribution in [-0.2, 0) is 9.59 Å². The number of Topliss-reactive ketones (excluding diaryl/α,β-unsaturated/α-hetero) is 1. The van der Waals surface area contributed by atoms with Crippen LogP contribution in [0.4, 0.5) is 0 Å². The van der Waals surface area contributed by atoms with E-state index in [2.05, 4.69) is 38.0 Å². The van der Waals surface area contributed by atoms with Crippen molar-refractivity contribution in [3.8, 4) is 0 Å². The summed E-state index contributed by atoms with van der Waals surface area (Å²) in [5.41, 5.74) is 0. The highest BCUT2D eigenvalue weighted by Gasteiger charge is 2.23. The van der Waals surface area contributed by atoms with Crippen LogP contribution in [0, 0.1) is 5.92 Å². The lowest BCUT2D eigenvalue weighted by Crippen LogP contribution is -2.44. The molecule has 0 aromatic heterocycles. The number of hydrogen-bond acceptors (Lipinski definition) is 3. The minimum absolute atomic E-state index is 0.0214. The lowest BCUT2D eigenvalue weighted by molar-refractivity contribution is -0.127. The molecule has 0 aliphatic heterocycles. The monoisotopic (exact) mass is 275 g/mol. The van der Waals surface area contributed by atoms with Gasteiger partial charge in [0.05, 0.1) is 14.0 Å². The van der Waals surface area contributed by atoms with E-state index in [0.29, 0.717) is 12.2 Å². The molecule has 0 unspecified atom stereocenters. The topological polar surface area (TPSA) is 46.2 Å². The second-order valence-electron chi connectivity index (χ2n) is 5.42. The Labute approximate surface area is 111 Å². The Balaban J connectivity index is 4.19. The molecule has 0 rings (SSSR count). The van der Waals surface area contributed by atoms with E-state index in [1.807, 2.05) is 0 Å². The van der Waals surface area contributed by atoms with Gasteiger partial charge in [-0.2, -0.15) is 12.6 Å². The van der Waals surface area contributed by atoms with Crippen LogP contribution in [0.25, 0.3) is 0 Å². The lowest BCUT2D eigenvalue weighted by Gasteiger charge is -2.23. The first-order valence-corrected chi connectivity index (χ1v) is 10.2. The SMILES string of the molecule is CCC[Si](C)(C)CNC(=O)[C@H](CS)CC(C)=O. The molecule has 1 atom stereocenters. The second-order valence-corrected chi connectivity index (χ2v) is 11.0. The van der Waals surface area contributed by atoms with Crippen molar-refractivity contribution < 1.29 is 9.59 Å². The first kappa shape index (κ1) is 16.7. The summed E-state index contributed by atoms with van der Waals surface area (Å²) in [4.78, 5) is 22.9. The van der Waals surface area contributed by atoms with Crippen LogP contribution in [0.2, 0.25) is 19.1 Å². The fourth-order valence-electron chi connectivity index (χ4n) is 1.82. The molecule has 3 nitrogen and oxygen atoms in total. The summed E-state index contributed by atoms with van der Waals surface area (Å²) in [6, 6.07) is 1.21. The largest absolute Gasteiger partial charge is 0.359 e. The zero-order valence-corrected chi connectivity index (χ0v) is 13.3. The maximum Gasteiger partial charge on any atom is 0.224 e. The molecule has 0 aliphatic rings. The van der Waals surface area contributed by atoms with E-state index in [4.69, 9.17) is 0 Å². The third kappa shape index (κ3) is 7.60. The normalized spacial score (nSPS) is 13.2. The molecule has 0 aromatic rings. The first-order chi connectivity index (χ1) is 7.82. The summed E-state index contributed by atoms with van der Waals surface area (Å²) in [5, 5.41) is 2.99. The molecule has 5 heteroatoms. The van der Waals surface area contributed by atoms with Gasteiger partial charge in [-0.1, -0.05) is 32.5 Å². The average molecular weight is 275 g/mol. The highest BCUT2D eigenvalue weighted by molar-refractivity contribution is 7.80. The molecule has 17 heavy (non-hydrogen) atoms. The Morgan fingerprint density at radius 2 is 1.94 bits per heavy atom. The van der Waals surface area contributed by atoms with Crippen molar-refractivity contribution in [1.82, 2.24) is 5.32 Å². The van der Waals surface area contributed by atoms with Crippen LogP contribution in [0.15, 0.2) is 0 Å². The molecule has 0 bridgehead atoms. The summed E-state index contributed by atoms with van der Waals surface area (Å²) in [5.74, 6) is 0.180. The summed E-state index contributed by atoms with van der Waals surface area (Å²) >= 11 is 4.13. The van der Waals surface area contributed by atoms with E-state index in [1.54, 1.807) is 0 Å². The van der Waals surface area contributed by atoms with Gasteiger partial charge in [0, 0.05) is 18.3 Å². The third-order valence-electron chi connectivity index (χ3n) is 2.79. The van der Waals surface area contributed by atoms with Crippen molar-refractivity contribution in [2.75, 3.05) is 11.9 Å². The van der Waals surface area contributed by atoms with Gasteiger partial charge >= 0.3 is 0 Å². The summed E-state index contributed by atoms with van der Waals surface area (Å²) in [6.07, 6.45) is 2.26. The van der Waals surface area contributed by atoms with Gasteiger partial charge in [-0.05, 0) is 6.92 Å². The molecule has 0 aliphatic carbocycles. The van der Waals surface area contributed by atoms with E-state index in [0.717, 1.165) is 6.17 Å². The van der Waals surface area contributed by atoms with Crippen LogP contribution >= 0.6 is 12.6 Å². The van der Waals surface area contributed by atoms with E-state index < -0.39 is 8.07 Å². The first-order valence-electron chi connectivity index (χ1n) is 6.20. The molecule has 0 radical (unpaired) electrons. The fourth-order valence-corrected chi connectivity index (χ4v) is 4.30. The highest BCUT2D eigenvalue weighted by atomic mass is 32.1. The quantitative estimate of drug-likeness (QED) is 0.527. The molecule has 100 valence electrons. The Bertz CT molecular complexity index is 269. The summed E-state index contributed by atoms with van der Waals surface area (Å²) in [7, 11) is -1.31. The number of carbonyl (C=O) groups excluding carboxylic acids is 2. The molecular formula is C12H25NO2SSi. The van der Waals surface area contributed by atoms with Gasteiger partial charge in [0.2, 0.25) is 5.91 Å². The molecule has 0 spiro atoms. The summed E-state index contributed by atoms with van der Waals surface area (Å²) in [6.45, 7) is 8.23. The van der Waals surface area contributed by atoms with Gasteiger partial charge in [0.1, 0.15) is 5.78 Å². The van der Waals surface area contributed by atoms with E-state index in [-0.39, 0.29) is 17.6 Å². The predicted molar refractivity (Wildman–Crippen MR) is 78.2 cm³/mol. The highest BCUT2D eigenvalue weighted by Crippen LogP contribution is 2.11. The van der Waals surface area contributed by atoms with Gasteiger partial charge in [0.15, 0.2) is 0 Å². The van der Waals surface area contributed by atoms with Gasteiger partial charge in [-0.3, -0.25) is 4.79 Å². The second kappa shape index (κ2) is 7.92. The minimum Gasteiger partial charge on any atom is -0.359 e. The van der Waals surface area contributed by atoms with Gasteiger partial charge < -0.3 is 10.1 Å². The molecule has 1 amide bonds. The zero-order valence-electron chi connectivity index (χ0n) is 11.4. The lowest BCUT2D eigenvalue weighted by atomic mass is 10.0. The molecule has 0 fully saturated rings. The Kier molecular flexibility index (Phi) is 7.79. The number of ketones is 1. The molecular weight excluding hydrogens is 250 g/mol. The Morgan fingerprint density at radius 1 is 1.35 bits per heavy atom. The maximum absolute atomic E-state index is 11.9. The molecule has 0 saturated carbocycles. The molecule has 1 N–H and O–H groups in total. The standard InChI is InChI=1S/C12H25NO2SSi/c1-5-6-17(3,4)9-13-12(15)11(8-16)7-10(2)14/h11,16H,5-9H2,1-4H3,(H,13,15)/t11-/m0/s1. The minimum atomic E-state index is -1.31. The zero-order chi connectivity index (χ0) is 13.5. The smallest absolute Gasteiger partial charge is 0.224 e. The summed E-state index contributed by atoms with van der Waals surface area (Å²) < 4.78 is 0. The van der Waals surface area contributed by atoms with Crippen molar-refractivity contribution >= 4 is 32.4 Å². The predicted octanol–water partition coefficient (Wildman–Crippen LogP) is 2.29. The van der Waals surface area contributed by atoms with Gasteiger partial charge in [0.25, 0.3) is 0 Å². The van der Waals surface area contributed by atoms with Crippen molar-refractivity contribution in [2.45, 2.75) is 45.8 Å². The van der Waals surface area contributed by atoms with Crippen molar-refractivity contribution in [1.29, 1.82) is 0 Å². The molecule has 0 heterocycles. The van der Waals surface area contributed by atoms with Crippen LogP contribution < -0.4 is 5.32 Å². The fraction of sp³-hybridized carbons (Fsp3) is 0.833. The number of nitrogens with one attached hydrogen (secondary N) is 1. The van der Waals surface area contributed by atoms with Crippen LogP contribution in [0.5, 0.6) is 0 Å².